The number of ether oxygens (including phenoxy) is 2. The van der Waals surface area contributed by atoms with E-state index in [0.717, 1.165) is 24.8 Å². The maximum atomic E-state index is 10.0. The molecule has 2 atom stereocenters. The van der Waals surface area contributed by atoms with Crippen LogP contribution in [0.25, 0.3) is 0 Å². The Morgan fingerprint density at radius 1 is 0.958 bits per heavy atom. The van der Waals surface area contributed by atoms with Gasteiger partial charge in [-0.1, -0.05) is 60.3 Å². The van der Waals surface area contributed by atoms with Crippen LogP contribution < -0.4 is 0 Å². The number of thioether (sulfide) groups is 1. The van der Waals surface area contributed by atoms with Crippen LogP contribution in [0.3, 0.4) is 0 Å². The highest BCUT2D eigenvalue weighted by Gasteiger charge is 2.11. The van der Waals surface area contributed by atoms with E-state index in [0.29, 0.717) is 13.2 Å². The molecule has 3 nitrogen and oxygen atoms in total. The van der Waals surface area contributed by atoms with Crippen LogP contribution in [0.1, 0.15) is 24.8 Å². The van der Waals surface area contributed by atoms with Crippen molar-refractivity contribution in [3.05, 3.63) is 66.2 Å². The van der Waals surface area contributed by atoms with Crippen LogP contribution >= 0.6 is 11.8 Å². The Bertz CT molecular complexity index is 547. The van der Waals surface area contributed by atoms with Crippen LogP contribution in [0.4, 0.5) is 0 Å². The fraction of sp³-hybridized carbons (Fsp3) is 0.400. The number of aliphatic hydroxyl groups excluding tert-OH is 1. The molecular formula is C20H26O3S. The highest BCUT2D eigenvalue weighted by molar-refractivity contribution is 7.99. The van der Waals surface area contributed by atoms with Crippen LogP contribution in [0.2, 0.25) is 0 Å². The number of benzene rings is 2. The Morgan fingerprint density at radius 2 is 1.62 bits per heavy atom. The van der Waals surface area contributed by atoms with Gasteiger partial charge >= 0.3 is 0 Å². The fourth-order valence-electron chi connectivity index (χ4n) is 2.37. The lowest BCUT2D eigenvalue weighted by Crippen LogP contribution is -2.16. The zero-order valence-corrected chi connectivity index (χ0v) is 15.0. The summed E-state index contributed by atoms with van der Waals surface area (Å²) in [6.45, 7) is 0.917. The molecule has 0 heterocycles. The number of aliphatic hydroxyl groups is 1. The quantitative estimate of drug-likeness (QED) is 0.480. The molecule has 2 rings (SSSR count). The van der Waals surface area contributed by atoms with Gasteiger partial charge in [0.25, 0.3) is 0 Å². The first kappa shape index (κ1) is 19.0. The number of hydrogen-bond acceptors (Lipinski definition) is 4. The van der Waals surface area contributed by atoms with Crippen molar-refractivity contribution in [1.29, 1.82) is 0 Å². The molecule has 2 unspecified atom stereocenters. The average molecular weight is 346 g/mol. The first-order valence-electron chi connectivity index (χ1n) is 8.32. The van der Waals surface area contributed by atoms with Crippen molar-refractivity contribution < 1.29 is 14.6 Å². The van der Waals surface area contributed by atoms with Crippen molar-refractivity contribution in [2.45, 2.75) is 42.3 Å². The van der Waals surface area contributed by atoms with Crippen molar-refractivity contribution in [2.75, 3.05) is 13.7 Å². The van der Waals surface area contributed by atoms with Crippen LogP contribution in [-0.2, 0) is 16.1 Å². The maximum Gasteiger partial charge on any atom is 0.107 e. The van der Waals surface area contributed by atoms with Crippen LogP contribution in [0.5, 0.6) is 0 Å². The second kappa shape index (κ2) is 11.3. The molecule has 0 aliphatic rings. The van der Waals surface area contributed by atoms with Crippen molar-refractivity contribution in [3.63, 3.8) is 0 Å². The lowest BCUT2D eigenvalue weighted by molar-refractivity contribution is 0.0222. The van der Waals surface area contributed by atoms with Crippen molar-refractivity contribution >= 4 is 11.8 Å². The molecule has 1 N–H and O–H groups in total. The van der Waals surface area contributed by atoms with Gasteiger partial charge in [0.05, 0.1) is 19.3 Å². The van der Waals surface area contributed by atoms with Crippen molar-refractivity contribution in [1.82, 2.24) is 0 Å². The van der Waals surface area contributed by atoms with Gasteiger partial charge in [0, 0.05) is 12.0 Å². The summed E-state index contributed by atoms with van der Waals surface area (Å²) in [5.41, 5.74) is 1.24. The Kier molecular flexibility index (Phi) is 8.92. The van der Waals surface area contributed by atoms with Gasteiger partial charge in [0.2, 0.25) is 0 Å². The third kappa shape index (κ3) is 7.49. The zero-order valence-electron chi connectivity index (χ0n) is 14.1. The van der Waals surface area contributed by atoms with Gasteiger partial charge in [-0.05, 0) is 37.0 Å². The molecule has 0 aromatic heterocycles. The normalized spacial score (nSPS) is 13.6. The van der Waals surface area contributed by atoms with E-state index in [1.165, 1.54) is 4.90 Å². The van der Waals surface area contributed by atoms with E-state index in [1.54, 1.807) is 18.9 Å². The second-order valence-electron chi connectivity index (χ2n) is 5.68. The molecule has 0 fully saturated rings. The molecule has 0 spiro atoms. The molecule has 0 aliphatic carbocycles. The van der Waals surface area contributed by atoms with Gasteiger partial charge < -0.3 is 14.6 Å². The topological polar surface area (TPSA) is 38.7 Å². The lowest BCUT2D eigenvalue weighted by Gasteiger charge is -2.16. The van der Waals surface area contributed by atoms with Gasteiger partial charge in [0.15, 0.2) is 0 Å². The Hall–Kier alpha value is -1.33. The fourth-order valence-corrected chi connectivity index (χ4v) is 3.36. The molecule has 2 aromatic carbocycles. The predicted octanol–water partition coefficient (Wildman–Crippen LogP) is 4.50. The molecule has 0 radical (unpaired) electrons. The molecule has 0 saturated carbocycles. The van der Waals surface area contributed by atoms with Gasteiger partial charge in [0.1, 0.15) is 5.44 Å². The minimum Gasteiger partial charge on any atom is -0.391 e. The van der Waals surface area contributed by atoms with Gasteiger partial charge in [-0.2, -0.15) is 0 Å². The molecule has 0 saturated heterocycles. The van der Waals surface area contributed by atoms with Crippen LogP contribution in [-0.4, -0.2) is 30.4 Å². The summed E-state index contributed by atoms with van der Waals surface area (Å²) in [7, 11) is 1.74. The molecule has 130 valence electrons. The molecule has 2 aromatic rings. The standard InChI is InChI=1S/C20H26O3S/c1-22-20(24-19-12-6-3-7-13-19)14-8-11-18(21)16-23-15-17-9-4-2-5-10-17/h2-7,9-10,12-13,18,20-21H,8,11,14-16H2,1H3. The lowest BCUT2D eigenvalue weighted by atomic mass is 10.1. The minimum absolute atomic E-state index is 0.116. The Labute approximate surface area is 149 Å². The molecular weight excluding hydrogens is 320 g/mol. The summed E-state index contributed by atoms with van der Waals surface area (Å²) in [6, 6.07) is 20.3. The molecule has 0 aliphatic heterocycles. The minimum atomic E-state index is -0.423. The third-order valence-electron chi connectivity index (χ3n) is 3.67. The van der Waals surface area contributed by atoms with Crippen molar-refractivity contribution in [3.8, 4) is 0 Å². The van der Waals surface area contributed by atoms with E-state index >= 15 is 0 Å². The molecule has 0 bridgehead atoms. The average Bonchev–Trinajstić information content (AvgIpc) is 2.62. The number of hydrogen-bond donors (Lipinski definition) is 1. The smallest absolute Gasteiger partial charge is 0.107 e. The summed E-state index contributed by atoms with van der Waals surface area (Å²) < 4.78 is 11.1. The largest absolute Gasteiger partial charge is 0.391 e. The second-order valence-corrected chi connectivity index (χ2v) is 6.91. The monoisotopic (exact) mass is 346 g/mol. The highest BCUT2D eigenvalue weighted by atomic mass is 32.2. The Balaban J connectivity index is 1.59. The first-order valence-corrected chi connectivity index (χ1v) is 9.20. The zero-order chi connectivity index (χ0) is 17.0. The molecule has 0 amide bonds. The first-order chi connectivity index (χ1) is 11.8. The van der Waals surface area contributed by atoms with Crippen LogP contribution in [0, 0.1) is 0 Å². The summed E-state index contributed by atoms with van der Waals surface area (Å²) >= 11 is 1.72. The summed E-state index contributed by atoms with van der Waals surface area (Å²) in [5, 5.41) is 10.0. The van der Waals surface area contributed by atoms with E-state index in [9.17, 15) is 5.11 Å². The number of methoxy groups -OCH3 is 1. The summed E-state index contributed by atoms with van der Waals surface area (Å²) in [4.78, 5) is 1.20. The molecule has 4 heteroatoms. The highest BCUT2D eigenvalue weighted by Crippen LogP contribution is 2.27. The number of rotatable bonds is 11. The van der Waals surface area contributed by atoms with E-state index in [-0.39, 0.29) is 5.44 Å². The van der Waals surface area contributed by atoms with Gasteiger partial charge in [-0.25, -0.2) is 0 Å². The SMILES string of the molecule is COC(CCCC(O)COCc1ccccc1)Sc1ccccc1. The van der Waals surface area contributed by atoms with E-state index in [4.69, 9.17) is 9.47 Å². The van der Waals surface area contributed by atoms with Crippen molar-refractivity contribution in [2.24, 2.45) is 0 Å². The van der Waals surface area contributed by atoms with E-state index in [1.807, 2.05) is 48.5 Å². The van der Waals surface area contributed by atoms with Crippen LogP contribution in [0.15, 0.2) is 65.6 Å². The van der Waals surface area contributed by atoms with Gasteiger partial charge in [-0.3, -0.25) is 0 Å². The third-order valence-corrected chi connectivity index (χ3v) is 4.91. The summed E-state index contributed by atoms with van der Waals surface area (Å²) in [6.07, 6.45) is 2.12. The predicted molar refractivity (Wildman–Crippen MR) is 99.1 cm³/mol. The van der Waals surface area contributed by atoms with E-state index in [2.05, 4.69) is 12.1 Å². The maximum absolute atomic E-state index is 10.0. The Morgan fingerprint density at radius 3 is 2.29 bits per heavy atom. The molecule has 24 heavy (non-hydrogen) atoms. The van der Waals surface area contributed by atoms with Gasteiger partial charge in [-0.15, -0.1) is 0 Å². The summed E-state index contributed by atoms with van der Waals surface area (Å²) in [5.74, 6) is 0. The van der Waals surface area contributed by atoms with E-state index < -0.39 is 6.10 Å².